The van der Waals surface area contributed by atoms with Crippen molar-refractivity contribution in [1.82, 2.24) is 9.80 Å². The normalized spacial score (nSPS) is 18.5. The molecule has 1 saturated heterocycles. The molecule has 9 heteroatoms. The minimum absolute atomic E-state index is 0.0869. The van der Waals surface area contributed by atoms with E-state index < -0.39 is 29.4 Å². The molecule has 2 aromatic rings. The van der Waals surface area contributed by atoms with Crippen LogP contribution in [-0.4, -0.2) is 63.2 Å². The molecule has 1 fully saturated rings. The summed E-state index contributed by atoms with van der Waals surface area (Å²) < 4.78 is 53.1. The van der Waals surface area contributed by atoms with Crippen LogP contribution in [0.25, 0.3) is 0 Å². The van der Waals surface area contributed by atoms with Crippen molar-refractivity contribution in [3.8, 4) is 5.75 Å². The molecule has 0 bridgehead atoms. The number of carbonyl (C=O) groups is 1. The van der Waals surface area contributed by atoms with E-state index in [2.05, 4.69) is 0 Å². The second kappa shape index (κ2) is 9.58. The predicted molar refractivity (Wildman–Crippen MR) is 122 cm³/mol. The number of hydrogen-bond acceptors (Lipinski definition) is 5. The number of para-hydroxylation sites is 1. The third kappa shape index (κ3) is 4.44. The van der Waals surface area contributed by atoms with Gasteiger partial charge in [-0.25, -0.2) is 13.2 Å². The van der Waals surface area contributed by atoms with E-state index in [1.807, 2.05) is 36.1 Å². The second-order valence-corrected chi connectivity index (χ2v) is 8.69. The maximum Gasteiger partial charge on any atom is 0.233 e. The molecular weight excluding hydrogens is 447 g/mol. The summed E-state index contributed by atoms with van der Waals surface area (Å²) in [5.74, 6) is -3.53. The smallest absolute Gasteiger partial charge is 0.233 e. The number of carbonyl (C=O) groups excluding carboxylic acids is 1. The maximum absolute atomic E-state index is 13.9. The van der Waals surface area contributed by atoms with Gasteiger partial charge in [-0.2, -0.15) is 0 Å². The lowest BCUT2D eigenvalue weighted by molar-refractivity contribution is -0.129. The fraction of sp³-hybridized carbons (Fsp3) is 0.400. The maximum atomic E-state index is 13.9. The van der Waals surface area contributed by atoms with E-state index in [1.165, 1.54) is 0 Å². The van der Waals surface area contributed by atoms with Crippen LogP contribution in [-0.2, 0) is 9.53 Å². The van der Waals surface area contributed by atoms with E-state index in [9.17, 15) is 18.0 Å². The molecule has 0 saturated carbocycles. The molecule has 2 aromatic carbocycles. The summed E-state index contributed by atoms with van der Waals surface area (Å²) in [5.41, 5.74) is 1.63. The zero-order valence-corrected chi connectivity index (χ0v) is 19.6. The second-order valence-electron chi connectivity index (χ2n) is 8.69. The van der Waals surface area contributed by atoms with Gasteiger partial charge in [-0.15, -0.1) is 0 Å². The van der Waals surface area contributed by atoms with Crippen molar-refractivity contribution in [2.24, 2.45) is 0 Å². The number of ether oxygens (including phenoxy) is 2. The molecule has 4 rings (SSSR count). The molecule has 0 aliphatic carbocycles. The zero-order valence-electron chi connectivity index (χ0n) is 19.6. The molecule has 0 radical (unpaired) electrons. The van der Waals surface area contributed by atoms with Gasteiger partial charge in [0.05, 0.1) is 25.2 Å². The van der Waals surface area contributed by atoms with Crippen molar-refractivity contribution >= 4 is 11.6 Å². The third-order valence-corrected chi connectivity index (χ3v) is 6.36. The Morgan fingerprint density at radius 2 is 1.74 bits per heavy atom. The highest BCUT2D eigenvalue weighted by Gasteiger charge is 2.34. The number of fused-ring (bicyclic) bond motifs is 1. The number of anilines is 1. The van der Waals surface area contributed by atoms with E-state index in [-0.39, 0.29) is 11.6 Å². The number of amides is 1. The molecule has 34 heavy (non-hydrogen) atoms. The number of hydrogen-bond donors (Lipinski definition) is 0. The summed E-state index contributed by atoms with van der Waals surface area (Å²) in [5, 5.41) is 0. The van der Waals surface area contributed by atoms with Crippen molar-refractivity contribution in [1.29, 1.82) is 0 Å². The van der Waals surface area contributed by atoms with Gasteiger partial charge in [0, 0.05) is 63.2 Å². The van der Waals surface area contributed by atoms with Gasteiger partial charge in [0.2, 0.25) is 5.91 Å². The molecule has 182 valence electrons. The van der Waals surface area contributed by atoms with Gasteiger partial charge in [-0.3, -0.25) is 4.79 Å². The highest BCUT2D eigenvalue weighted by molar-refractivity contribution is 5.87. The SMILES string of the molecule is CC(c1cccc2c1OC(N1CCOCC1)=CC2C(=O)N(C)C)N(C)c1cc(F)c(F)c(F)c1. The van der Waals surface area contributed by atoms with Crippen LogP contribution < -0.4 is 9.64 Å². The largest absolute Gasteiger partial charge is 0.441 e. The van der Waals surface area contributed by atoms with Crippen molar-refractivity contribution in [3.05, 3.63) is 70.9 Å². The van der Waals surface area contributed by atoms with Gasteiger partial charge < -0.3 is 24.2 Å². The van der Waals surface area contributed by atoms with Gasteiger partial charge in [0.15, 0.2) is 23.3 Å². The van der Waals surface area contributed by atoms with Crippen LogP contribution in [0.1, 0.15) is 30.0 Å². The van der Waals surface area contributed by atoms with Crippen LogP contribution in [0, 0.1) is 17.5 Å². The Balaban J connectivity index is 1.74. The molecule has 2 aliphatic heterocycles. The van der Waals surface area contributed by atoms with Crippen molar-refractivity contribution in [2.75, 3.05) is 52.3 Å². The molecule has 0 aromatic heterocycles. The molecule has 2 aliphatic rings. The monoisotopic (exact) mass is 475 g/mol. The Kier molecular flexibility index (Phi) is 6.74. The Morgan fingerprint density at radius 1 is 1.09 bits per heavy atom. The van der Waals surface area contributed by atoms with Crippen molar-refractivity contribution in [3.63, 3.8) is 0 Å². The van der Waals surface area contributed by atoms with Gasteiger partial charge >= 0.3 is 0 Å². The number of benzene rings is 2. The van der Waals surface area contributed by atoms with E-state index >= 15 is 0 Å². The third-order valence-electron chi connectivity index (χ3n) is 6.36. The Morgan fingerprint density at radius 3 is 2.35 bits per heavy atom. The van der Waals surface area contributed by atoms with Crippen LogP contribution in [0.2, 0.25) is 0 Å². The first-order valence-electron chi connectivity index (χ1n) is 11.1. The quantitative estimate of drug-likeness (QED) is 0.611. The molecular formula is C25H28F3N3O3. The fourth-order valence-electron chi connectivity index (χ4n) is 4.25. The first-order chi connectivity index (χ1) is 16.2. The minimum atomic E-state index is -1.50. The summed E-state index contributed by atoms with van der Waals surface area (Å²) in [6, 6.07) is 7.05. The Labute approximate surface area is 197 Å². The van der Waals surface area contributed by atoms with Crippen LogP contribution >= 0.6 is 0 Å². The summed E-state index contributed by atoms with van der Waals surface area (Å²) in [4.78, 5) is 18.3. The van der Waals surface area contributed by atoms with Crippen LogP contribution in [0.3, 0.4) is 0 Å². The van der Waals surface area contributed by atoms with Crippen LogP contribution in [0.15, 0.2) is 42.3 Å². The van der Waals surface area contributed by atoms with Crippen molar-refractivity contribution < 1.29 is 27.4 Å². The van der Waals surface area contributed by atoms with Gasteiger partial charge in [0.25, 0.3) is 0 Å². The summed E-state index contributed by atoms with van der Waals surface area (Å²) >= 11 is 0. The molecule has 1 amide bonds. The first-order valence-corrected chi connectivity index (χ1v) is 11.1. The first kappa shape index (κ1) is 23.9. The number of morpholine rings is 1. The lowest BCUT2D eigenvalue weighted by atomic mass is 9.90. The van der Waals surface area contributed by atoms with Crippen molar-refractivity contribution in [2.45, 2.75) is 18.9 Å². The molecule has 6 nitrogen and oxygen atoms in total. The Hall–Kier alpha value is -3.20. The minimum Gasteiger partial charge on any atom is -0.441 e. The number of rotatable bonds is 5. The number of likely N-dealkylation sites (N-methyl/N-ethyl adjacent to an activating group) is 1. The van der Waals surface area contributed by atoms with E-state index in [4.69, 9.17) is 9.47 Å². The van der Waals surface area contributed by atoms with E-state index in [0.29, 0.717) is 43.5 Å². The molecule has 0 spiro atoms. The highest BCUT2D eigenvalue weighted by atomic mass is 19.2. The topological polar surface area (TPSA) is 45.3 Å². The van der Waals surface area contributed by atoms with Gasteiger partial charge in [0.1, 0.15) is 5.75 Å². The molecule has 2 heterocycles. The number of halogens is 3. The standard InChI is InChI=1S/C25H28F3N3O3/c1-15(30(4)16-12-20(26)23(28)21(27)13-16)17-6-5-7-18-19(25(32)29(2)3)14-22(34-24(17)18)31-8-10-33-11-9-31/h5-7,12-15,19H,8-11H2,1-4H3. The van der Waals surface area contributed by atoms with Crippen LogP contribution in [0.5, 0.6) is 5.75 Å². The summed E-state index contributed by atoms with van der Waals surface area (Å²) in [6.07, 6.45) is 1.83. The van der Waals surface area contributed by atoms with Gasteiger partial charge in [-0.1, -0.05) is 18.2 Å². The van der Waals surface area contributed by atoms with E-state index in [1.54, 1.807) is 30.9 Å². The predicted octanol–water partition coefficient (Wildman–Crippen LogP) is 4.04. The van der Waals surface area contributed by atoms with E-state index in [0.717, 1.165) is 17.7 Å². The number of nitrogens with zero attached hydrogens (tertiary/aromatic N) is 3. The summed E-state index contributed by atoms with van der Waals surface area (Å²) in [6.45, 7) is 4.24. The lowest BCUT2D eigenvalue weighted by Crippen LogP contribution is -2.39. The van der Waals surface area contributed by atoms with Gasteiger partial charge in [-0.05, 0) is 13.0 Å². The highest BCUT2D eigenvalue weighted by Crippen LogP contribution is 2.42. The molecule has 2 unspecified atom stereocenters. The average molecular weight is 476 g/mol. The Bertz CT molecular complexity index is 1090. The summed E-state index contributed by atoms with van der Waals surface area (Å²) in [7, 11) is 5.08. The molecule has 2 atom stereocenters. The lowest BCUT2D eigenvalue weighted by Gasteiger charge is -2.37. The van der Waals surface area contributed by atoms with Crippen LogP contribution in [0.4, 0.5) is 18.9 Å². The molecule has 0 N–H and O–H groups in total. The fourth-order valence-corrected chi connectivity index (χ4v) is 4.25. The zero-order chi connectivity index (χ0) is 24.6. The average Bonchev–Trinajstić information content (AvgIpc) is 2.85.